The standard InChI is InChI=1S/C57H45NO/c1-55(2)44-21-12-10-19-41(44)54-46(55)23-15-24-50(54)58(36-27-29-40-39-18-11-13-25-51(39)59-52(40)31-36)35-26-28-38-42-32-49-43(33-48(42)57(5,6)47(38)30-35)53-37(34-16-8-7-9-17-34)20-14-22-45(53)56(49,3)4/h7-33H,1-6H3. The van der Waals surface area contributed by atoms with Crippen LogP contribution in [0, 0.1) is 0 Å². The van der Waals surface area contributed by atoms with Crippen molar-refractivity contribution in [3.8, 4) is 44.5 Å². The summed E-state index contributed by atoms with van der Waals surface area (Å²) in [5.74, 6) is 0. The van der Waals surface area contributed by atoms with Crippen molar-refractivity contribution in [1.82, 2.24) is 0 Å². The summed E-state index contributed by atoms with van der Waals surface area (Å²) in [5.41, 5.74) is 23.6. The maximum Gasteiger partial charge on any atom is 0.137 e. The third-order valence-electron chi connectivity index (χ3n) is 14.3. The summed E-state index contributed by atoms with van der Waals surface area (Å²) in [4.78, 5) is 2.48. The average Bonchev–Trinajstić information content (AvgIpc) is 3.89. The van der Waals surface area contributed by atoms with E-state index >= 15 is 0 Å². The summed E-state index contributed by atoms with van der Waals surface area (Å²) in [7, 11) is 0. The van der Waals surface area contributed by atoms with Crippen molar-refractivity contribution in [3.63, 3.8) is 0 Å². The van der Waals surface area contributed by atoms with E-state index in [-0.39, 0.29) is 16.2 Å². The largest absolute Gasteiger partial charge is 0.456 e. The highest BCUT2D eigenvalue weighted by atomic mass is 16.3. The third-order valence-corrected chi connectivity index (χ3v) is 14.3. The number of hydrogen-bond donors (Lipinski definition) is 0. The number of hydrogen-bond acceptors (Lipinski definition) is 2. The third kappa shape index (κ3) is 4.58. The fourth-order valence-electron chi connectivity index (χ4n) is 11.2. The fourth-order valence-corrected chi connectivity index (χ4v) is 11.2. The van der Waals surface area contributed by atoms with Crippen molar-refractivity contribution in [1.29, 1.82) is 0 Å². The smallest absolute Gasteiger partial charge is 0.137 e. The second kappa shape index (κ2) is 11.7. The molecule has 12 rings (SSSR count). The van der Waals surface area contributed by atoms with Crippen LogP contribution in [0.1, 0.15) is 74.9 Å². The van der Waals surface area contributed by atoms with Crippen LogP contribution in [-0.2, 0) is 16.2 Å². The predicted octanol–water partition coefficient (Wildman–Crippen LogP) is 15.6. The summed E-state index contributed by atoms with van der Waals surface area (Å²) in [6.07, 6.45) is 0. The zero-order valence-electron chi connectivity index (χ0n) is 34.4. The van der Waals surface area contributed by atoms with Crippen molar-refractivity contribution in [2.45, 2.75) is 57.8 Å². The number of rotatable bonds is 4. The molecule has 0 fully saturated rings. The van der Waals surface area contributed by atoms with Crippen LogP contribution in [0.15, 0.2) is 168 Å². The second-order valence-corrected chi connectivity index (χ2v) is 18.5. The minimum absolute atomic E-state index is 0.120. The molecular formula is C57H45NO. The minimum atomic E-state index is -0.230. The maximum atomic E-state index is 6.54. The Balaban J connectivity index is 1.06. The Labute approximate surface area is 346 Å². The molecule has 0 saturated heterocycles. The van der Waals surface area contributed by atoms with E-state index in [2.05, 4.69) is 204 Å². The first-order valence-corrected chi connectivity index (χ1v) is 21.0. The number of furan rings is 1. The Morgan fingerprint density at radius 1 is 0.356 bits per heavy atom. The molecule has 3 aliphatic rings. The van der Waals surface area contributed by atoms with Crippen molar-refractivity contribution in [3.05, 3.63) is 197 Å². The van der Waals surface area contributed by atoms with Crippen LogP contribution in [0.5, 0.6) is 0 Å². The molecule has 0 saturated carbocycles. The van der Waals surface area contributed by atoms with Crippen LogP contribution in [0.4, 0.5) is 17.1 Å². The number of nitrogens with zero attached hydrogens (tertiary/aromatic N) is 1. The molecule has 0 aliphatic heterocycles. The first-order valence-electron chi connectivity index (χ1n) is 21.0. The van der Waals surface area contributed by atoms with E-state index in [1.54, 1.807) is 0 Å². The van der Waals surface area contributed by atoms with Gasteiger partial charge in [0, 0.05) is 50.0 Å². The Kier molecular flexibility index (Phi) is 6.84. The molecule has 1 heterocycles. The van der Waals surface area contributed by atoms with E-state index in [0.29, 0.717) is 0 Å². The van der Waals surface area contributed by atoms with Gasteiger partial charge in [0.1, 0.15) is 11.2 Å². The van der Waals surface area contributed by atoms with E-state index in [4.69, 9.17) is 4.42 Å². The van der Waals surface area contributed by atoms with E-state index in [0.717, 1.165) is 33.3 Å². The van der Waals surface area contributed by atoms with Crippen molar-refractivity contribution in [2.24, 2.45) is 0 Å². The van der Waals surface area contributed by atoms with Gasteiger partial charge in [-0.15, -0.1) is 0 Å². The van der Waals surface area contributed by atoms with Crippen LogP contribution in [0.2, 0.25) is 0 Å². The number of anilines is 3. The Morgan fingerprint density at radius 2 is 0.932 bits per heavy atom. The first kappa shape index (κ1) is 34.4. The lowest BCUT2D eigenvalue weighted by Gasteiger charge is -2.30. The average molecular weight is 760 g/mol. The molecule has 59 heavy (non-hydrogen) atoms. The van der Waals surface area contributed by atoms with Crippen LogP contribution >= 0.6 is 0 Å². The van der Waals surface area contributed by atoms with Gasteiger partial charge in [-0.05, 0) is 121 Å². The van der Waals surface area contributed by atoms with Gasteiger partial charge >= 0.3 is 0 Å². The fraction of sp³-hybridized carbons (Fsp3) is 0.158. The molecule has 2 heteroatoms. The lowest BCUT2D eigenvalue weighted by atomic mass is 9.79. The van der Waals surface area contributed by atoms with Gasteiger partial charge in [0.2, 0.25) is 0 Å². The van der Waals surface area contributed by atoms with E-state index in [1.165, 1.54) is 83.6 Å². The predicted molar refractivity (Wildman–Crippen MR) is 247 cm³/mol. The van der Waals surface area contributed by atoms with Gasteiger partial charge in [0.25, 0.3) is 0 Å². The molecule has 0 unspecified atom stereocenters. The van der Waals surface area contributed by atoms with E-state index in [1.807, 2.05) is 6.07 Å². The molecule has 2 nitrogen and oxygen atoms in total. The molecule has 3 aliphatic carbocycles. The highest BCUT2D eigenvalue weighted by Gasteiger charge is 2.43. The molecule has 284 valence electrons. The van der Waals surface area contributed by atoms with Crippen LogP contribution in [0.3, 0.4) is 0 Å². The van der Waals surface area contributed by atoms with E-state index < -0.39 is 0 Å². The molecular weight excluding hydrogens is 715 g/mol. The summed E-state index contributed by atoms with van der Waals surface area (Å²) < 4.78 is 6.54. The molecule has 1 aromatic heterocycles. The molecule has 0 N–H and O–H groups in total. The number of fused-ring (bicyclic) bond motifs is 12. The van der Waals surface area contributed by atoms with Crippen LogP contribution in [0.25, 0.3) is 66.4 Å². The zero-order chi connectivity index (χ0) is 40.0. The van der Waals surface area contributed by atoms with Crippen molar-refractivity contribution in [2.75, 3.05) is 4.90 Å². The lowest BCUT2D eigenvalue weighted by molar-refractivity contribution is 0.652. The second-order valence-electron chi connectivity index (χ2n) is 18.5. The van der Waals surface area contributed by atoms with E-state index in [9.17, 15) is 0 Å². The normalized spacial score (nSPS) is 15.7. The monoisotopic (exact) mass is 759 g/mol. The lowest BCUT2D eigenvalue weighted by Crippen LogP contribution is -2.18. The molecule has 0 radical (unpaired) electrons. The summed E-state index contributed by atoms with van der Waals surface area (Å²) >= 11 is 0. The summed E-state index contributed by atoms with van der Waals surface area (Å²) in [5, 5.41) is 2.27. The SMILES string of the molecule is CC1(C)c2cc(N(c3ccc4c(c3)oc3ccccc34)c3cccc4c3-c3ccccc3C4(C)C)ccc2-c2cc3c(cc21)-c1c(-c2ccccc2)cccc1C3(C)C. The summed E-state index contributed by atoms with van der Waals surface area (Å²) in [6, 6.07) is 61.0. The van der Waals surface area contributed by atoms with Gasteiger partial charge in [-0.3, -0.25) is 0 Å². The molecule has 0 atom stereocenters. The van der Waals surface area contributed by atoms with Crippen LogP contribution in [-0.4, -0.2) is 0 Å². The van der Waals surface area contributed by atoms with Gasteiger partial charge in [0.05, 0.1) is 5.69 Å². The number of para-hydroxylation sites is 1. The highest BCUT2D eigenvalue weighted by molar-refractivity contribution is 6.07. The molecule has 8 aromatic carbocycles. The van der Waals surface area contributed by atoms with Gasteiger partial charge < -0.3 is 9.32 Å². The van der Waals surface area contributed by atoms with Gasteiger partial charge in [-0.2, -0.15) is 0 Å². The van der Waals surface area contributed by atoms with Crippen molar-refractivity contribution >= 4 is 39.0 Å². The first-order chi connectivity index (χ1) is 28.5. The molecule has 9 aromatic rings. The van der Waals surface area contributed by atoms with Crippen molar-refractivity contribution < 1.29 is 4.42 Å². The van der Waals surface area contributed by atoms with Crippen LogP contribution < -0.4 is 4.90 Å². The zero-order valence-corrected chi connectivity index (χ0v) is 34.4. The highest BCUT2D eigenvalue weighted by Crippen LogP contribution is 2.59. The number of benzene rings is 8. The minimum Gasteiger partial charge on any atom is -0.456 e. The van der Waals surface area contributed by atoms with Gasteiger partial charge in [0.15, 0.2) is 0 Å². The maximum absolute atomic E-state index is 6.54. The molecule has 0 amide bonds. The Bertz CT molecular complexity index is 3250. The summed E-state index contributed by atoms with van der Waals surface area (Å²) in [6.45, 7) is 14.4. The van der Waals surface area contributed by atoms with Gasteiger partial charge in [-0.25, -0.2) is 0 Å². The molecule has 0 spiro atoms. The quantitative estimate of drug-likeness (QED) is 0.178. The molecule has 0 bridgehead atoms. The topological polar surface area (TPSA) is 16.4 Å². The Morgan fingerprint density at radius 3 is 1.78 bits per heavy atom. The van der Waals surface area contributed by atoms with Gasteiger partial charge in [-0.1, -0.05) is 151 Å². The Hall–Kier alpha value is -6.64.